The highest BCUT2D eigenvalue weighted by molar-refractivity contribution is 7.99. The number of aryl methyl sites for hydroxylation is 1. The zero-order valence-corrected chi connectivity index (χ0v) is 20.1. The molecule has 0 aliphatic rings. The third-order valence-corrected chi connectivity index (χ3v) is 7.44. The quantitative estimate of drug-likeness (QED) is 0.340. The largest absolute Gasteiger partial charge is 0.758 e. The molecule has 2 aromatic rings. The number of aliphatic carboxylic acids is 1. The van der Waals surface area contributed by atoms with Crippen LogP contribution in [0.2, 0.25) is 0 Å². The third kappa shape index (κ3) is 7.70. The number of thioether (sulfide) groups is 1. The van der Waals surface area contributed by atoms with Crippen molar-refractivity contribution in [1.82, 2.24) is 4.31 Å². The predicted octanol–water partition coefficient (Wildman–Crippen LogP) is 3.73. The monoisotopic (exact) mass is 481 g/mol. The van der Waals surface area contributed by atoms with Crippen LogP contribution >= 0.6 is 11.8 Å². The van der Waals surface area contributed by atoms with Gasteiger partial charge >= 0.3 is 5.97 Å². The van der Waals surface area contributed by atoms with E-state index in [4.69, 9.17) is 9.84 Å². The van der Waals surface area contributed by atoms with Crippen molar-refractivity contribution >= 4 is 33.4 Å². The zero-order valence-electron chi connectivity index (χ0n) is 18.5. The van der Waals surface area contributed by atoms with Crippen molar-refractivity contribution in [2.75, 3.05) is 37.6 Å². The maximum Gasteiger partial charge on any atom is 0.341 e. The van der Waals surface area contributed by atoms with E-state index in [1.807, 2.05) is 26.0 Å². The summed E-state index contributed by atoms with van der Waals surface area (Å²) in [4.78, 5) is 11.6. The van der Waals surface area contributed by atoms with Gasteiger partial charge in [0.1, 0.15) is 5.75 Å². The fraction of sp³-hybridized carbons (Fsp3) is 0.409. The van der Waals surface area contributed by atoms with Gasteiger partial charge in [-0.2, -0.15) is 0 Å². The number of carbonyl (C=O) groups is 1. The SMILES string of the molecule is CCCN(CCSc1ccc(OCC(=O)O)c(C)c1)S(=O)(=O)Cc1ccccc1N(C)[O-]. The Bertz CT molecular complexity index is 1010. The van der Waals surface area contributed by atoms with Gasteiger partial charge in [0.2, 0.25) is 10.0 Å². The van der Waals surface area contributed by atoms with Gasteiger partial charge in [0.05, 0.1) is 5.75 Å². The zero-order chi connectivity index (χ0) is 23.7. The van der Waals surface area contributed by atoms with Crippen molar-refractivity contribution in [1.29, 1.82) is 0 Å². The predicted molar refractivity (Wildman–Crippen MR) is 128 cm³/mol. The highest BCUT2D eigenvalue weighted by atomic mass is 32.2. The summed E-state index contributed by atoms with van der Waals surface area (Å²) in [7, 11) is -2.25. The number of hydroxylamine groups is 1. The van der Waals surface area contributed by atoms with Crippen molar-refractivity contribution < 1.29 is 23.1 Å². The van der Waals surface area contributed by atoms with Gasteiger partial charge in [0.15, 0.2) is 6.61 Å². The van der Waals surface area contributed by atoms with Crippen LogP contribution in [-0.4, -0.2) is 56.3 Å². The van der Waals surface area contributed by atoms with Gasteiger partial charge in [-0.3, -0.25) is 0 Å². The Morgan fingerprint density at radius 1 is 1.19 bits per heavy atom. The molecule has 176 valence electrons. The number of hydrogen-bond donors (Lipinski definition) is 1. The highest BCUT2D eigenvalue weighted by Crippen LogP contribution is 2.27. The van der Waals surface area contributed by atoms with Crippen molar-refractivity contribution in [2.45, 2.75) is 30.9 Å². The summed E-state index contributed by atoms with van der Waals surface area (Å²) in [6.07, 6.45) is 0.682. The van der Waals surface area contributed by atoms with Gasteiger partial charge in [0, 0.05) is 29.4 Å². The van der Waals surface area contributed by atoms with Crippen LogP contribution in [0, 0.1) is 12.1 Å². The molecule has 0 aliphatic carbocycles. The van der Waals surface area contributed by atoms with E-state index in [2.05, 4.69) is 0 Å². The number of rotatable bonds is 13. The minimum atomic E-state index is -3.60. The lowest BCUT2D eigenvalue weighted by Gasteiger charge is -2.28. The molecule has 0 aromatic heterocycles. The van der Waals surface area contributed by atoms with E-state index in [-0.39, 0.29) is 5.75 Å². The number of benzene rings is 2. The first-order valence-electron chi connectivity index (χ1n) is 10.2. The Kier molecular flexibility index (Phi) is 9.83. The molecule has 0 fully saturated rings. The van der Waals surface area contributed by atoms with E-state index in [1.54, 1.807) is 30.3 Å². The molecule has 0 unspecified atom stereocenters. The molecule has 0 atom stereocenters. The van der Waals surface area contributed by atoms with Gasteiger partial charge in [-0.25, -0.2) is 17.5 Å². The Morgan fingerprint density at radius 3 is 2.53 bits per heavy atom. The molecule has 10 heteroatoms. The summed E-state index contributed by atoms with van der Waals surface area (Å²) in [5, 5.41) is 21.2. The molecule has 0 bridgehead atoms. The smallest absolute Gasteiger partial charge is 0.341 e. The van der Waals surface area contributed by atoms with E-state index < -0.39 is 22.6 Å². The Labute approximate surface area is 193 Å². The summed E-state index contributed by atoms with van der Waals surface area (Å²) in [5.74, 6) is -0.203. The van der Waals surface area contributed by atoms with Crippen LogP contribution in [-0.2, 0) is 20.6 Å². The van der Waals surface area contributed by atoms with Gasteiger partial charge in [-0.15, -0.1) is 11.8 Å². The average molecular weight is 482 g/mol. The number of carboxylic acids is 1. The first-order valence-corrected chi connectivity index (χ1v) is 12.8. The van der Waals surface area contributed by atoms with E-state index >= 15 is 0 Å². The first-order chi connectivity index (χ1) is 15.1. The summed E-state index contributed by atoms with van der Waals surface area (Å²) >= 11 is 1.52. The fourth-order valence-corrected chi connectivity index (χ4v) is 5.88. The lowest BCUT2D eigenvalue weighted by atomic mass is 10.2. The topological polar surface area (TPSA) is 110 Å². The maximum atomic E-state index is 13.1. The molecule has 2 aromatic carbocycles. The van der Waals surface area contributed by atoms with E-state index in [0.29, 0.717) is 47.3 Å². The molecule has 0 aliphatic heterocycles. The molecular formula is C22H29N2O6S2-. The van der Waals surface area contributed by atoms with Crippen LogP contribution in [0.25, 0.3) is 0 Å². The molecule has 8 nitrogen and oxygen atoms in total. The van der Waals surface area contributed by atoms with Gasteiger partial charge < -0.3 is 20.1 Å². The highest BCUT2D eigenvalue weighted by Gasteiger charge is 2.23. The molecule has 0 radical (unpaired) electrons. The first kappa shape index (κ1) is 26.0. The molecular weight excluding hydrogens is 452 g/mol. The summed E-state index contributed by atoms with van der Waals surface area (Å²) < 4.78 is 32.8. The summed E-state index contributed by atoms with van der Waals surface area (Å²) in [6, 6.07) is 12.2. The minimum Gasteiger partial charge on any atom is -0.758 e. The lowest BCUT2D eigenvalue weighted by Crippen LogP contribution is -2.35. The molecule has 0 saturated carbocycles. The molecule has 2 rings (SSSR count). The number of nitrogens with zero attached hydrogens (tertiary/aromatic N) is 2. The lowest BCUT2D eigenvalue weighted by molar-refractivity contribution is -0.139. The summed E-state index contributed by atoms with van der Waals surface area (Å²) in [6.45, 7) is 4.10. The Hall–Kier alpha value is -2.27. The minimum absolute atomic E-state index is 0.227. The maximum absolute atomic E-state index is 13.1. The van der Waals surface area contributed by atoms with Crippen LogP contribution in [0.5, 0.6) is 5.75 Å². The van der Waals surface area contributed by atoms with Crippen LogP contribution in [0.3, 0.4) is 0 Å². The number of sulfonamides is 1. The Morgan fingerprint density at radius 2 is 1.91 bits per heavy atom. The number of hydrogen-bond acceptors (Lipinski definition) is 7. The fourth-order valence-electron chi connectivity index (χ4n) is 3.15. The molecule has 0 heterocycles. The van der Waals surface area contributed by atoms with E-state index in [1.165, 1.54) is 23.1 Å². The second-order valence-electron chi connectivity index (χ2n) is 7.24. The molecule has 1 N–H and O–H groups in total. The van der Waals surface area contributed by atoms with Crippen molar-refractivity contribution in [3.8, 4) is 5.75 Å². The van der Waals surface area contributed by atoms with Crippen LogP contribution < -0.4 is 9.80 Å². The Balaban J connectivity index is 2.03. The molecule has 0 spiro atoms. The average Bonchev–Trinajstić information content (AvgIpc) is 2.72. The normalized spacial score (nSPS) is 11.5. The standard InChI is InChI=1S/C22H29N2O6S2/c1-4-11-24(32(28,29)16-18-7-5-6-8-20(18)23(3)27)12-13-31-19-9-10-21(17(2)14-19)30-15-22(25)26/h5-10,14H,4,11-13,15-16H2,1-3H3,(H,25,26)/q-1. The van der Waals surface area contributed by atoms with Crippen molar-refractivity contribution in [3.05, 3.63) is 58.8 Å². The second-order valence-corrected chi connectivity index (χ2v) is 10.4. The summed E-state index contributed by atoms with van der Waals surface area (Å²) in [5.41, 5.74) is 1.64. The van der Waals surface area contributed by atoms with Crippen LogP contribution in [0.15, 0.2) is 47.4 Å². The third-order valence-electron chi connectivity index (χ3n) is 4.64. The molecule has 0 saturated heterocycles. The number of carboxylic acid groups (broad SMARTS) is 1. The van der Waals surface area contributed by atoms with Gasteiger partial charge in [-0.05, 0) is 55.8 Å². The van der Waals surface area contributed by atoms with Crippen molar-refractivity contribution in [3.63, 3.8) is 0 Å². The number of para-hydroxylation sites is 1. The molecule has 32 heavy (non-hydrogen) atoms. The second kappa shape index (κ2) is 12.1. The van der Waals surface area contributed by atoms with Crippen LogP contribution in [0.1, 0.15) is 24.5 Å². The van der Waals surface area contributed by atoms with E-state index in [0.717, 1.165) is 10.5 Å². The molecule has 0 amide bonds. The van der Waals surface area contributed by atoms with Crippen LogP contribution in [0.4, 0.5) is 5.69 Å². The van der Waals surface area contributed by atoms with Gasteiger partial charge in [0.25, 0.3) is 0 Å². The van der Waals surface area contributed by atoms with Crippen molar-refractivity contribution in [2.24, 2.45) is 0 Å². The van der Waals surface area contributed by atoms with Gasteiger partial charge in [-0.1, -0.05) is 25.1 Å². The number of ether oxygens (including phenoxy) is 1. The number of anilines is 1. The van der Waals surface area contributed by atoms with E-state index in [9.17, 15) is 18.4 Å².